The number of benzene rings is 2. The maximum Gasteiger partial charge on any atom is 0.147 e. The fourth-order valence-corrected chi connectivity index (χ4v) is 2.27. The van der Waals surface area contributed by atoms with Gasteiger partial charge >= 0.3 is 0 Å². The summed E-state index contributed by atoms with van der Waals surface area (Å²) in [7, 11) is 0. The largest absolute Gasteiger partial charge is 0.300 e. The zero-order valence-electron chi connectivity index (χ0n) is 11.2. The van der Waals surface area contributed by atoms with Gasteiger partial charge in [-0.15, -0.1) is 12.4 Å². The molecule has 0 amide bonds. The molecule has 0 fully saturated rings. The van der Waals surface area contributed by atoms with E-state index in [1.807, 2.05) is 30.3 Å². The quantitative estimate of drug-likeness (QED) is 0.831. The second-order valence-corrected chi connectivity index (χ2v) is 4.61. The third kappa shape index (κ3) is 3.31. The van der Waals surface area contributed by atoms with Gasteiger partial charge in [0.05, 0.1) is 5.69 Å². The Morgan fingerprint density at radius 1 is 0.850 bits per heavy atom. The Kier molecular flexibility index (Phi) is 5.02. The Bertz CT molecular complexity index is 581. The van der Waals surface area contributed by atoms with Crippen LogP contribution >= 0.6 is 12.4 Å². The highest BCUT2D eigenvalue weighted by Crippen LogP contribution is 2.15. The van der Waals surface area contributed by atoms with Crippen molar-refractivity contribution >= 4 is 23.9 Å². The summed E-state index contributed by atoms with van der Waals surface area (Å²) in [5, 5.41) is 0. The highest BCUT2D eigenvalue weighted by molar-refractivity contribution is 6.00. The summed E-state index contributed by atoms with van der Waals surface area (Å²) >= 11 is 0. The summed E-state index contributed by atoms with van der Waals surface area (Å²) in [5.74, 6) is 0.928. The van der Waals surface area contributed by atoms with Crippen molar-refractivity contribution in [3.63, 3.8) is 0 Å². The van der Waals surface area contributed by atoms with Crippen molar-refractivity contribution in [3.8, 4) is 0 Å². The lowest BCUT2D eigenvalue weighted by Gasteiger charge is -2.13. The minimum atomic E-state index is 0. The van der Waals surface area contributed by atoms with Crippen molar-refractivity contribution in [2.24, 2.45) is 4.99 Å². The van der Waals surface area contributed by atoms with Crippen LogP contribution in [-0.2, 0) is 6.42 Å². The fraction of sp³-hybridized carbons (Fsp3) is 0.188. The first kappa shape index (κ1) is 14.4. The maximum absolute atomic E-state index is 4.62. The minimum Gasteiger partial charge on any atom is -0.300 e. The van der Waals surface area contributed by atoms with E-state index in [0.29, 0.717) is 0 Å². The molecule has 0 saturated carbocycles. The number of aliphatic imine (C=N–C) groups is 1. The molecule has 1 aliphatic heterocycles. The molecule has 0 unspecified atom stereocenters. The van der Waals surface area contributed by atoms with Gasteiger partial charge in [0.25, 0.3) is 0 Å². The van der Waals surface area contributed by atoms with Crippen molar-refractivity contribution in [1.29, 1.82) is 0 Å². The Morgan fingerprint density at radius 2 is 1.60 bits per heavy atom. The molecule has 0 bridgehead atoms. The number of halogens is 1. The first-order valence-corrected chi connectivity index (χ1v) is 6.63. The summed E-state index contributed by atoms with van der Waals surface area (Å²) in [6.07, 6.45) is 2.20. The van der Waals surface area contributed by atoms with Crippen LogP contribution in [0.15, 0.2) is 59.6 Å². The molecule has 20 heavy (non-hydrogen) atoms. The first-order valence-electron chi connectivity index (χ1n) is 6.63. The molecular formula is C16H18ClN3. The van der Waals surface area contributed by atoms with E-state index in [2.05, 4.69) is 40.1 Å². The molecule has 0 aliphatic carbocycles. The normalized spacial score (nSPS) is 13.3. The molecule has 2 N–H and O–H groups in total. The number of anilines is 1. The number of para-hydroxylation sites is 1. The van der Waals surface area contributed by atoms with E-state index in [1.54, 1.807) is 0 Å². The number of amidine groups is 1. The number of rotatable bonds is 2. The van der Waals surface area contributed by atoms with Gasteiger partial charge in [-0.2, -0.15) is 0 Å². The zero-order valence-corrected chi connectivity index (χ0v) is 12.0. The van der Waals surface area contributed by atoms with Gasteiger partial charge in [0, 0.05) is 12.1 Å². The molecule has 4 heteroatoms. The monoisotopic (exact) mass is 287 g/mol. The molecule has 2 aromatic carbocycles. The van der Waals surface area contributed by atoms with Crippen LogP contribution in [-0.4, -0.2) is 12.4 Å². The van der Waals surface area contributed by atoms with E-state index in [0.717, 1.165) is 30.9 Å². The molecule has 1 aliphatic rings. The molecule has 0 radical (unpaired) electrons. The summed E-state index contributed by atoms with van der Waals surface area (Å²) in [6, 6.07) is 18.5. The highest BCUT2D eigenvalue weighted by Gasteiger charge is 2.11. The van der Waals surface area contributed by atoms with Crippen molar-refractivity contribution in [3.05, 3.63) is 65.7 Å². The van der Waals surface area contributed by atoms with Crippen LogP contribution in [0.5, 0.6) is 0 Å². The molecule has 0 aromatic heterocycles. The molecule has 104 valence electrons. The van der Waals surface area contributed by atoms with Crippen LogP contribution in [0.3, 0.4) is 0 Å². The van der Waals surface area contributed by atoms with Gasteiger partial charge < -0.3 is 0 Å². The second kappa shape index (κ2) is 6.96. The minimum absolute atomic E-state index is 0. The Labute approximate surface area is 125 Å². The standard InChI is InChI=1S/C16H17N3.ClH/c1-2-9-14(10-3-1)18-19-16-15-11-5-4-7-13(15)8-6-12-17-16;/h1-5,7,9-11,18H,6,8,12H2,(H,17,19);1H. The lowest BCUT2D eigenvalue weighted by molar-refractivity contribution is 0.842. The molecule has 3 nitrogen and oxygen atoms in total. The molecule has 2 aromatic rings. The van der Waals surface area contributed by atoms with Gasteiger partial charge in [-0.25, -0.2) is 0 Å². The molecule has 1 heterocycles. The van der Waals surface area contributed by atoms with Crippen LogP contribution < -0.4 is 10.9 Å². The van der Waals surface area contributed by atoms with E-state index in [4.69, 9.17) is 0 Å². The summed E-state index contributed by atoms with van der Waals surface area (Å²) < 4.78 is 0. The second-order valence-electron chi connectivity index (χ2n) is 4.61. The number of nitrogens with zero attached hydrogens (tertiary/aromatic N) is 1. The van der Waals surface area contributed by atoms with Crippen LogP contribution in [0.4, 0.5) is 5.69 Å². The number of fused-ring (bicyclic) bond motifs is 1. The third-order valence-electron chi connectivity index (χ3n) is 3.25. The number of hydrogen-bond donors (Lipinski definition) is 2. The van der Waals surface area contributed by atoms with E-state index >= 15 is 0 Å². The van der Waals surface area contributed by atoms with E-state index in [9.17, 15) is 0 Å². The topological polar surface area (TPSA) is 36.4 Å². The lowest BCUT2D eigenvalue weighted by Crippen LogP contribution is -2.30. The zero-order chi connectivity index (χ0) is 12.9. The molecule has 0 spiro atoms. The lowest BCUT2D eigenvalue weighted by atomic mass is 10.0. The molecule has 0 saturated heterocycles. The smallest absolute Gasteiger partial charge is 0.147 e. The number of aryl methyl sites for hydroxylation is 1. The first-order chi connectivity index (χ1) is 9.43. The van der Waals surface area contributed by atoms with E-state index in [1.165, 1.54) is 11.1 Å². The van der Waals surface area contributed by atoms with Gasteiger partial charge in [-0.3, -0.25) is 15.8 Å². The van der Waals surface area contributed by atoms with E-state index < -0.39 is 0 Å². The number of hydrazine groups is 1. The summed E-state index contributed by atoms with van der Waals surface area (Å²) in [4.78, 5) is 4.62. The van der Waals surface area contributed by atoms with Gasteiger partial charge in [0.15, 0.2) is 0 Å². The SMILES string of the molecule is Cl.c1ccc(NNC2=NCCCc3ccccc32)cc1. The number of hydrogen-bond acceptors (Lipinski definition) is 3. The van der Waals surface area contributed by atoms with E-state index in [-0.39, 0.29) is 12.4 Å². The van der Waals surface area contributed by atoms with Crippen molar-refractivity contribution in [2.45, 2.75) is 12.8 Å². The molecular weight excluding hydrogens is 270 g/mol. The fourth-order valence-electron chi connectivity index (χ4n) is 2.27. The maximum atomic E-state index is 4.62. The van der Waals surface area contributed by atoms with Crippen LogP contribution in [0.25, 0.3) is 0 Å². The average Bonchev–Trinajstić information content (AvgIpc) is 2.68. The van der Waals surface area contributed by atoms with Gasteiger partial charge in [-0.1, -0.05) is 42.5 Å². The number of nitrogens with one attached hydrogen (secondary N) is 2. The van der Waals surface area contributed by atoms with Gasteiger partial charge in [0.2, 0.25) is 0 Å². The predicted octanol–water partition coefficient (Wildman–Crippen LogP) is 3.42. The summed E-state index contributed by atoms with van der Waals surface area (Å²) in [5.41, 5.74) is 10.0. The van der Waals surface area contributed by atoms with Crippen LogP contribution in [0, 0.1) is 0 Å². The molecule has 3 rings (SSSR count). The van der Waals surface area contributed by atoms with Crippen molar-refractivity contribution in [2.75, 3.05) is 12.0 Å². The average molecular weight is 288 g/mol. The van der Waals surface area contributed by atoms with Crippen molar-refractivity contribution < 1.29 is 0 Å². The molecule has 0 atom stereocenters. The Hall–Kier alpha value is -2.00. The third-order valence-corrected chi connectivity index (χ3v) is 3.25. The Morgan fingerprint density at radius 3 is 2.45 bits per heavy atom. The predicted molar refractivity (Wildman–Crippen MR) is 86.6 cm³/mol. The van der Waals surface area contributed by atoms with Gasteiger partial charge in [0.1, 0.15) is 5.84 Å². The highest BCUT2D eigenvalue weighted by atomic mass is 35.5. The van der Waals surface area contributed by atoms with Crippen LogP contribution in [0.1, 0.15) is 17.5 Å². The van der Waals surface area contributed by atoms with Crippen LogP contribution in [0.2, 0.25) is 0 Å². The summed E-state index contributed by atoms with van der Waals surface area (Å²) in [6.45, 7) is 0.869. The Balaban J connectivity index is 0.00000147. The van der Waals surface area contributed by atoms with Gasteiger partial charge in [-0.05, 0) is 30.5 Å². The van der Waals surface area contributed by atoms with Crippen molar-refractivity contribution in [1.82, 2.24) is 5.43 Å².